The molecule has 0 saturated heterocycles. The highest BCUT2D eigenvalue weighted by Crippen LogP contribution is 2.34. The maximum atomic E-state index is 11.2. The summed E-state index contributed by atoms with van der Waals surface area (Å²) in [6.07, 6.45) is 0. The van der Waals surface area contributed by atoms with Crippen molar-refractivity contribution in [2.24, 2.45) is 0 Å². The lowest BCUT2D eigenvalue weighted by Crippen LogP contribution is -2.08. The first-order chi connectivity index (χ1) is 8.52. The number of hydrogen-bond donors (Lipinski definition) is 2. The van der Waals surface area contributed by atoms with Crippen LogP contribution in [0.5, 0.6) is 0 Å². The lowest BCUT2D eigenvalue weighted by Gasteiger charge is -2.13. The van der Waals surface area contributed by atoms with Crippen LogP contribution < -0.4 is 0 Å². The van der Waals surface area contributed by atoms with Crippen molar-refractivity contribution >= 4 is 43.8 Å². The molecule has 4 nitrogen and oxygen atoms in total. The van der Waals surface area contributed by atoms with Gasteiger partial charge in [-0.25, -0.2) is 9.00 Å². The Morgan fingerprint density at radius 1 is 1.22 bits per heavy atom. The molecule has 0 aliphatic carbocycles. The van der Waals surface area contributed by atoms with Gasteiger partial charge < -0.3 is 9.66 Å². The SMILES string of the molecule is O=C(O)c1ccc2ccccc2c1C(Br)S(=O)O. The standard InChI is InChI=1S/C12H9BrO4S/c13-11(18(16)17)10-8-4-2-1-3-7(8)5-6-9(10)12(14)15/h1-6,11H,(H,14,15)(H,16,17). The fraction of sp³-hybridized carbons (Fsp3) is 0.0833. The maximum absolute atomic E-state index is 11.2. The quantitative estimate of drug-likeness (QED) is 0.670. The van der Waals surface area contributed by atoms with Crippen LogP contribution >= 0.6 is 15.9 Å². The predicted molar refractivity (Wildman–Crippen MR) is 73.3 cm³/mol. The summed E-state index contributed by atoms with van der Waals surface area (Å²) in [6.45, 7) is 0. The molecule has 2 N–H and O–H groups in total. The van der Waals surface area contributed by atoms with Crippen LogP contribution in [-0.2, 0) is 11.1 Å². The highest BCUT2D eigenvalue weighted by molar-refractivity contribution is 9.10. The van der Waals surface area contributed by atoms with Gasteiger partial charge in [-0.05, 0) is 16.8 Å². The summed E-state index contributed by atoms with van der Waals surface area (Å²) in [6, 6.07) is 10.3. The Balaban J connectivity index is 2.82. The number of carbonyl (C=O) groups is 1. The second-order valence-corrected chi connectivity index (χ2v) is 6.19. The van der Waals surface area contributed by atoms with Gasteiger partial charge in [-0.1, -0.05) is 46.3 Å². The van der Waals surface area contributed by atoms with Crippen molar-refractivity contribution in [2.75, 3.05) is 0 Å². The van der Waals surface area contributed by atoms with Gasteiger partial charge in [0.05, 0.1) is 5.56 Å². The number of aromatic carboxylic acids is 1. The molecule has 0 saturated carbocycles. The molecule has 6 heteroatoms. The Morgan fingerprint density at radius 2 is 1.89 bits per heavy atom. The highest BCUT2D eigenvalue weighted by Gasteiger charge is 2.23. The molecular formula is C12H9BrO4S. The molecule has 2 aromatic rings. The molecule has 0 bridgehead atoms. The molecule has 18 heavy (non-hydrogen) atoms. The largest absolute Gasteiger partial charge is 0.478 e. The Morgan fingerprint density at radius 3 is 2.50 bits per heavy atom. The molecule has 0 aliphatic heterocycles. The number of carboxylic acid groups (broad SMARTS) is 1. The molecule has 2 atom stereocenters. The average molecular weight is 329 g/mol. The number of carboxylic acids is 1. The van der Waals surface area contributed by atoms with Crippen LogP contribution in [0.2, 0.25) is 0 Å². The zero-order valence-electron chi connectivity index (χ0n) is 9.04. The van der Waals surface area contributed by atoms with Crippen LogP contribution in [0.1, 0.15) is 20.1 Å². The Hall–Kier alpha value is -1.24. The van der Waals surface area contributed by atoms with Crippen molar-refractivity contribution in [3.8, 4) is 0 Å². The van der Waals surface area contributed by atoms with Gasteiger partial charge in [0.1, 0.15) is 4.16 Å². The molecule has 0 aliphatic rings. The molecule has 0 heterocycles. The third-order valence-corrected chi connectivity index (χ3v) is 4.61. The summed E-state index contributed by atoms with van der Waals surface area (Å²) < 4.78 is 19.4. The maximum Gasteiger partial charge on any atom is 0.336 e. The van der Waals surface area contributed by atoms with E-state index in [1.165, 1.54) is 6.07 Å². The highest BCUT2D eigenvalue weighted by atomic mass is 79.9. The van der Waals surface area contributed by atoms with Crippen molar-refractivity contribution in [3.05, 3.63) is 47.5 Å². The third-order valence-electron chi connectivity index (χ3n) is 2.61. The number of hydrogen-bond acceptors (Lipinski definition) is 2. The summed E-state index contributed by atoms with van der Waals surface area (Å²) in [5, 5.41) is 10.6. The predicted octanol–water partition coefficient (Wildman–Crippen LogP) is 3.15. The molecule has 0 amide bonds. The number of alkyl halides is 1. The minimum Gasteiger partial charge on any atom is -0.478 e. The van der Waals surface area contributed by atoms with Gasteiger partial charge in [-0.3, -0.25) is 0 Å². The number of halogens is 1. The Kier molecular flexibility index (Phi) is 3.79. The Labute approximate surface area is 114 Å². The van der Waals surface area contributed by atoms with Gasteiger partial charge in [0.2, 0.25) is 0 Å². The third kappa shape index (κ3) is 2.31. The number of rotatable bonds is 3. The van der Waals surface area contributed by atoms with Gasteiger partial charge in [0.15, 0.2) is 11.1 Å². The van der Waals surface area contributed by atoms with E-state index in [1.54, 1.807) is 18.2 Å². The van der Waals surface area contributed by atoms with Crippen molar-refractivity contribution in [2.45, 2.75) is 4.16 Å². The molecule has 2 rings (SSSR count). The summed E-state index contributed by atoms with van der Waals surface area (Å²) in [4.78, 5) is 11.2. The van der Waals surface area contributed by atoms with E-state index in [0.29, 0.717) is 10.9 Å². The zero-order chi connectivity index (χ0) is 13.3. The van der Waals surface area contributed by atoms with Gasteiger partial charge >= 0.3 is 5.97 Å². The first kappa shape index (κ1) is 13.2. The minimum atomic E-state index is -2.19. The van der Waals surface area contributed by atoms with E-state index in [9.17, 15) is 13.6 Å². The summed E-state index contributed by atoms with van der Waals surface area (Å²) in [5.74, 6) is -1.12. The fourth-order valence-electron chi connectivity index (χ4n) is 1.83. The molecule has 0 radical (unpaired) electrons. The van der Waals surface area contributed by atoms with E-state index in [4.69, 9.17) is 5.11 Å². The van der Waals surface area contributed by atoms with E-state index < -0.39 is 21.2 Å². The van der Waals surface area contributed by atoms with E-state index in [-0.39, 0.29) is 5.56 Å². The van der Waals surface area contributed by atoms with E-state index in [1.807, 2.05) is 12.1 Å². The van der Waals surface area contributed by atoms with Crippen LogP contribution in [-0.4, -0.2) is 19.8 Å². The topological polar surface area (TPSA) is 74.6 Å². The molecular weight excluding hydrogens is 320 g/mol. The molecule has 2 unspecified atom stereocenters. The van der Waals surface area contributed by atoms with Crippen LogP contribution in [0.4, 0.5) is 0 Å². The lowest BCUT2D eigenvalue weighted by atomic mass is 10.00. The summed E-state index contributed by atoms with van der Waals surface area (Å²) >= 11 is 0.886. The summed E-state index contributed by atoms with van der Waals surface area (Å²) in [7, 11) is 0. The molecule has 0 fully saturated rings. The first-order valence-electron chi connectivity index (χ1n) is 5.01. The van der Waals surface area contributed by atoms with Crippen molar-refractivity contribution < 1.29 is 18.7 Å². The first-order valence-corrected chi connectivity index (χ1v) is 7.09. The van der Waals surface area contributed by atoms with Crippen LogP contribution in [0.25, 0.3) is 10.8 Å². The van der Waals surface area contributed by atoms with Gasteiger partial charge in [0.25, 0.3) is 0 Å². The zero-order valence-corrected chi connectivity index (χ0v) is 11.4. The second kappa shape index (κ2) is 5.17. The monoisotopic (exact) mass is 328 g/mol. The normalized spacial score (nSPS) is 14.3. The van der Waals surface area contributed by atoms with E-state index in [0.717, 1.165) is 5.39 Å². The molecule has 2 aromatic carbocycles. The molecule has 0 aromatic heterocycles. The van der Waals surface area contributed by atoms with Gasteiger partial charge in [-0.2, -0.15) is 0 Å². The molecule has 0 spiro atoms. The lowest BCUT2D eigenvalue weighted by molar-refractivity contribution is 0.0696. The van der Waals surface area contributed by atoms with Crippen molar-refractivity contribution in [3.63, 3.8) is 0 Å². The summed E-state index contributed by atoms with van der Waals surface area (Å²) in [5.41, 5.74) is 0.347. The second-order valence-electron chi connectivity index (χ2n) is 3.65. The number of fused-ring (bicyclic) bond motifs is 1. The van der Waals surface area contributed by atoms with E-state index >= 15 is 0 Å². The Bertz CT molecular complexity index is 641. The van der Waals surface area contributed by atoms with Crippen LogP contribution in [0, 0.1) is 0 Å². The van der Waals surface area contributed by atoms with Gasteiger partial charge in [-0.15, -0.1) is 0 Å². The van der Waals surface area contributed by atoms with Crippen LogP contribution in [0.15, 0.2) is 36.4 Å². The minimum absolute atomic E-state index is 0.0259. The van der Waals surface area contributed by atoms with Crippen LogP contribution in [0.3, 0.4) is 0 Å². The van der Waals surface area contributed by atoms with Crippen molar-refractivity contribution in [1.29, 1.82) is 0 Å². The number of benzene rings is 2. The van der Waals surface area contributed by atoms with Crippen molar-refractivity contribution in [1.82, 2.24) is 0 Å². The smallest absolute Gasteiger partial charge is 0.336 e. The molecule has 94 valence electrons. The van der Waals surface area contributed by atoms with Gasteiger partial charge in [0, 0.05) is 5.56 Å². The fourth-order valence-corrected chi connectivity index (χ4v) is 2.78. The average Bonchev–Trinajstić information content (AvgIpc) is 2.36. The van der Waals surface area contributed by atoms with E-state index in [2.05, 4.69) is 15.9 Å².